The highest BCUT2D eigenvalue weighted by Crippen LogP contribution is 2.49. The summed E-state index contributed by atoms with van der Waals surface area (Å²) in [4.78, 5) is 0. The quantitative estimate of drug-likeness (QED) is 0.812. The molecule has 1 saturated heterocycles. The zero-order chi connectivity index (χ0) is 11.7. The fourth-order valence-corrected chi connectivity index (χ4v) is 4.36. The van der Waals surface area contributed by atoms with Crippen LogP contribution in [0.25, 0.3) is 0 Å². The summed E-state index contributed by atoms with van der Waals surface area (Å²) in [7, 11) is 0. The summed E-state index contributed by atoms with van der Waals surface area (Å²) in [6, 6.07) is 0.744. The molecule has 0 radical (unpaired) electrons. The number of hydrogen-bond acceptors (Lipinski definition) is 2. The third kappa shape index (κ3) is 2.68. The Bertz CT molecular complexity index is 249. The Morgan fingerprint density at radius 3 is 2.59 bits per heavy atom. The molecule has 0 amide bonds. The van der Waals surface area contributed by atoms with Crippen LogP contribution in [0, 0.1) is 23.7 Å². The second kappa shape index (κ2) is 5.27. The van der Waals surface area contributed by atoms with Crippen LogP contribution < -0.4 is 5.32 Å². The predicted molar refractivity (Wildman–Crippen MR) is 69.9 cm³/mol. The molecular weight excluding hydrogens is 210 g/mol. The van der Waals surface area contributed by atoms with E-state index < -0.39 is 0 Å². The van der Waals surface area contributed by atoms with Crippen molar-refractivity contribution >= 4 is 0 Å². The van der Waals surface area contributed by atoms with E-state index in [0.717, 1.165) is 42.9 Å². The molecule has 4 atom stereocenters. The average Bonchev–Trinajstić information content (AvgIpc) is 2.99. The summed E-state index contributed by atoms with van der Waals surface area (Å²) >= 11 is 0. The van der Waals surface area contributed by atoms with Crippen molar-refractivity contribution < 1.29 is 4.74 Å². The van der Waals surface area contributed by atoms with Crippen molar-refractivity contribution in [1.82, 2.24) is 5.32 Å². The van der Waals surface area contributed by atoms with E-state index in [1.54, 1.807) is 0 Å². The van der Waals surface area contributed by atoms with E-state index >= 15 is 0 Å². The maximum absolute atomic E-state index is 5.42. The Morgan fingerprint density at radius 1 is 1.12 bits per heavy atom. The minimum atomic E-state index is 0.744. The Kier molecular flexibility index (Phi) is 3.72. The van der Waals surface area contributed by atoms with Gasteiger partial charge in [-0.15, -0.1) is 0 Å². The first-order chi connectivity index (χ1) is 8.33. The molecule has 1 N–H and O–H groups in total. The van der Waals surface area contributed by atoms with Crippen LogP contribution in [0.2, 0.25) is 0 Å². The van der Waals surface area contributed by atoms with Gasteiger partial charge in [-0.2, -0.15) is 0 Å². The zero-order valence-corrected chi connectivity index (χ0v) is 11.2. The van der Waals surface area contributed by atoms with Crippen LogP contribution in [0.3, 0.4) is 0 Å². The second-order valence-electron chi connectivity index (χ2n) is 6.59. The fourth-order valence-electron chi connectivity index (χ4n) is 4.36. The number of hydrogen-bond donors (Lipinski definition) is 1. The van der Waals surface area contributed by atoms with E-state index in [1.165, 1.54) is 45.1 Å². The first kappa shape index (κ1) is 12.0. The van der Waals surface area contributed by atoms with E-state index in [2.05, 4.69) is 12.2 Å². The first-order valence-corrected chi connectivity index (χ1v) is 7.64. The van der Waals surface area contributed by atoms with Crippen LogP contribution in [-0.4, -0.2) is 25.8 Å². The topological polar surface area (TPSA) is 21.3 Å². The summed E-state index contributed by atoms with van der Waals surface area (Å²) in [6.45, 7) is 5.60. The van der Waals surface area contributed by atoms with Crippen LogP contribution in [0.1, 0.15) is 45.4 Å². The van der Waals surface area contributed by atoms with Crippen molar-refractivity contribution in [2.45, 2.75) is 51.5 Å². The number of nitrogens with one attached hydrogen (secondary N) is 1. The Morgan fingerprint density at radius 2 is 1.94 bits per heavy atom. The molecule has 2 heteroatoms. The van der Waals surface area contributed by atoms with Crippen LogP contribution in [-0.2, 0) is 4.74 Å². The van der Waals surface area contributed by atoms with Crippen molar-refractivity contribution in [2.24, 2.45) is 23.7 Å². The molecule has 3 rings (SSSR count). The van der Waals surface area contributed by atoms with Crippen molar-refractivity contribution in [3.05, 3.63) is 0 Å². The molecule has 0 aromatic carbocycles. The summed E-state index contributed by atoms with van der Waals surface area (Å²) in [6.07, 6.45) is 8.60. The molecule has 98 valence electrons. The molecule has 4 unspecified atom stereocenters. The number of rotatable bonds is 4. The van der Waals surface area contributed by atoms with Gasteiger partial charge in [0.15, 0.2) is 0 Å². The predicted octanol–water partition coefficient (Wildman–Crippen LogP) is 2.83. The maximum Gasteiger partial charge on any atom is 0.0469 e. The lowest BCUT2D eigenvalue weighted by Crippen LogP contribution is -2.39. The van der Waals surface area contributed by atoms with Crippen LogP contribution in [0.4, 0.5) is 0 Å². The lowest BCUT2D eigenvalue weighted by molar-refractivity contribution is 0.0644. The number of fused-ring (bicyclic) bond motifs is 2. The Labute approximate surface area is 105 Å². The Balaban J connectivity index is 1.42. The van der Waals surface area contributed by atoms with Crippen molar-refractivity contribution in [3.8, 4) is 0 Å². The lowest BCUT2D eigenvalue weighted by Gasteiger charge is -2.31. The first-order valence-electron chi connectivity index (χ1n) is 7.64. The van der Waals surface area contributed by atoms with Crippen molar-refractivity contribution in [1.29, 1.82) is 0 Å². The van der Waals surface area contributed by atoms with Crippen molar-refractivity contribution in [3.63, 3.8) is 0 Å². The minimum Gasteiger partial charge on any atom is -0.381 e. The van der Waals surface area contributed by atoms with Gasteiger partial charge in [0.1, 0.15) is 0 Å². The van der Waals surface area contributed by atoms with Crippen LogP contribution >= 0.6 is 0 Å². The summed E-state index contributed by atoms with van der Waals surface area (Å²) in [5.74, 6) is 3.98. The van der Waals surface area contributed by atoms with Crippen LogP contribution in [0.15, 0.2) is 0 Å². The molecule has 0 aromatic heterocycles. The van der Waals surface area contributed by atoms with Gasteiger partial charge in [-0.05, 0) is 69.2 Å². The van der Waals surface area contributed by atoms with Crippen molar-refractivity contribution in [2.75, 3.05) is 19.8 Å². The van der Waals surface area contributed by atoms with Gasteiger partial charge >= 0.3 is 0 Å². The Hall–Kier alpha value is -0.0800. The molecule has 1 heterocycles. The highest BCUT2D eigenvalue weighted by atomic mass is 16.5. The van der Waals surface area contributed by atoms with Crippen LogP contribution in [0.5, 0.6) is 0 Å². The van der Waals surface area contributed by atoms with E-state index in [1.807, 2.05) is 0 Å². The minimum absolute atomic E-state index is 0.744. The lowest BCUT2D eigenvalue weighted by atomic mass is 9.83. The molecular formula is C15H27NO. The third-order valence-electron chi connectivity index (χ3n) is 5.50. The van der Waals surface area contributed by atoms with Gasteiger partial charge in [0.2, 0.25) is 0 Å². The summed E-state index contributed by atoms with van der Waals surface area (Å²) in [5.41, 5.74) is 0. The highest BCUT2D eigenvalue weighted by Gasteiger charge is 2.41. The summed E-state index contributed by atoms with van der Waals surface area (Å²) in [5, 5.41) is 3.82. The molecule has 1 aliphatic heterocycles. The molecule has 2 aliphatic carbocycles. The van der Waals surface area contributed by atoms with Gasteiger partial charge in [-0.3, -0.25) is 0 Å². The van der Waals surface area contributed by atoms with Gasteiger partial charge in [0.25, 0.3) is 0 Å². The van der Waals surface area contributed by atoms with Gasteiger partial charge in [-0.1, -0.05) is 6.42 Å². The molecule has 2 nitrogen and oxygen atoms in total. The fraction of sp³-hybridized carbons (Fsp3) is 1.00. The second-order valence-corrected chi connectivity index (χ2v) is 6.59. The third-order valence-corrected chi connectivity index (χ3v) is 5.50. The highest BCUT2D eigenvalue weighted by molar-refractivity contribution is 4.94. The molecule has 17 heavy (non-hydrogen) atoms. The molecule has 0 aromatic rings. The van der Waals surface area contributed by atoms with E-state index in [-0.39, 0.29) is 0 Å². The molecule has 2 saturated carbocycles. The van der Waals surface area contributed by atoms with Gasteiger partial charge in [-0.25, -0.2) is 0 Å². The monoisotopic (exact) mass is 237 g/mol. The van der Waals surface area contributed by atoms with Gasteiger partial charge in [0.05, 0.1) is 0 Å². The van der Waals surface area contributed by atoms with E-state index in [9.17, 15) is 0 Å². The normalized spacial score (nSPS) is 39.7. The standard InChI is InChI=1S/C15H27NO/c1-11(15-9-13-2-3-14(15)8-13)16-10-12-4-6-17-7-5-12/h11-16H,2-10H2,1H3. The van der Waals surface area contributed by atoms with E-state index in [0.29, 0.717) is 0 Å². The summed E-state index contributed by atoms with van der Waals surface area (Å²) < 4.78 is 5.42. The molecule has 3 fully saturated rings. The molecule has 2 bridgehead atoms. The zero-order valence-electron chi connectivity index (χ0n) is 11.2. The smallest absolute Gasteiger partial charge is 0.0469 e. The largest absolute Gasteiger partial charge is 0.381 e. The van der Waals surface area contributed by atoms with Gasteiger partial charge in [0, 0.05) is 19.3 Å². The SMILES string of the molecule is CC(NCC1CCOCC1)C1CC2CCC1C2. The van der Waals surface area contributed by atoms with E-state index in [4.69, 9.17) is 4.74 Å². The average molecular weight is 237 g/mol. The maximum atomic E-state index is 5.42. The van der Waals surface area contributed by atoms with Gasteiger partial charge < -0.3 is 10.1 Å². The molecule has 0 spiro atoms. The number of ether oxygens (including phenoxy) is 1. The molecule has 3 aliphatic rings.